The summed E-state index contributed by atoms with van der Waals surface area (Å²) in [4.78, 5) is 24.3. The lowest BCUT2D eigenvalue weighted by atomic mass is 10.2. The predicted octanol–water partition coefficient (Wildman–Crippen LogP) is 0.742. The summed E-state index contributed by atoms with van der Waals surface area (Å²) >= 11 is 6.18. The molecule has 1 aliphatic rings. The van der Waals surface area contributed by atoms with Crippen LogP contribution in [0.25, 0.3) is 6.08 Å². The number of hydrogen-bond acceptors (Lipinski definition) is 7. The number of methoxy groups -OCH3 is 1. The zero-order chi connectivity index (χ0) is 16.3. The lowest BCUT2D eigenvalue weighted by Gasteiger charge is -2.14. The van der Waals surface area contributed by atoms with Gasteiger partial charge in [-0.15, -0.1) is 0 Å². The molecule has 0 radical (unpaired) electrons. The van der Waals surface area contributed by atoms with Gasteiger partial charge in [0.1, 0.15) is 4.32 Å². The molecule has 22 heavy (non-hydrogen) atoms. The number of benzene rings is 1. The van der Waals surface area contributed by atoms with Crippen LogP contribution in [-0.4, -0.2) is 39.9 Å². The number of aliphatic carboxylic acids is 1. The van der Waals surface area contributed by atoms with Crippen molar-refractivity contribution in [2.45, 2.75) is 6.42 Å². The summed E-state index contributed by atoms with van der Waals surface area (Å²) in [6.07, 6.45) is 1.34. The SMILES string of the molecule is COc1cc(/C=C2\SC(=S)N(CCC(=O)[O-])C2=O)ccc1O. The van der Waals surface area contributed by atoms with Gasteiger partial charge >= 0.3 is 0 Å². The fraction of sp³-hybridized carbons (Fsp3) is 0.214. The van der Waals surface area contributed by atoms with E-state index in [4.69, 9.17) is 17.0 Å². The van der Waals surface area contributed by atoms with E-state index in [0.717, 1.165) is 11.8 Å². The highest BCUT2D eigenvalue weighted by Crippen LogP contribution is 2.34. The number of carboxylic acids is 1. The molecule has 0 spiro atoms. The molecule has 0 saturated carbocycles. The van der Waals surface area contributed by atoms with Gasteiger partial charge in [0, 0.05) is 18.9 Å². The van der Waals surface area contributed by atoms with Crippen LogP contribution in [0, 0.1) is 0 Å². The van der Waals surface area contributed by atoms with Gasteiger partial charge in [0.15, 0.2) is 11.5 Å². The van der Waals surface area contributed by atoms with E-state index in [-0.39, 0.29) is 24.6 Å². The largest absolute Gasteiger partial charge is 0.550 e. The van der Waals surface area contributed by atoms with Crippen molar-refractivity contribution in [1.29, 1.82) is 0 Å². The van der Waals surface area contributed by atoms with Gasteiger partial charge in [-0.2, -0.15) is 0 Å². The molecule has 1 amide bonds. The first kappa shape index (κ1) is 16.3. The number of carbonyl (C=O) groups excluding carboxylic acids is 2. The van der Waals surface area contributed by atoms with Crippen LogP contribution in [-0.2, 0) is 9.59 Å². The number of hydrogen-bond donors (Lipinski definition) is 1. The van der Waals surface area contributed by atoms with Crippen molar-refractivity contribution in [2.24, 2.45) is 0 Å². The molecule has 0 atom stereocenters. The zero-order valence-corrected chi connectivity index (χ0v) is 13.2. The minimum Gasteiger partial charge on any atom is -0.550 e. The van der Waals surface area contributed by atoms with Gasteiger partial charge < -0.3 is 19.7 Å². The highest BCUT2D eigenvalue weighted by atomic mass is 32.2. The van der Waals surface area contributed by atoms with Gasteiger partial charge in [-0.25, -0.2) is 0 Å². The van der Waals surface area contributed by atoms with Crippen molar-refractivity contribution in [1.82, 2.24) is 4.90 Å². The van der Waals surface area contributed by atoms with Crippen LogP contribution in [0.5, 0.6) is 11.5 Å². The van der Waals surface area contributed by atoms with Crippen LogP contribution in [0.3, 0.4) is 0 Å². The van der Waals surface area contributed by atoms with E-state index in [1.807, 2.05) is 0 Å². The molecule has 0 bridgehead atoms. The second-order valence-electron chi connectivity index (χ2n) is 4.39. The van der Waals surface area contributed by atoms with E-state index < -0.39 is 5.97 Å². The topological polar surface area (TPSA) is 89.9 Å². The minimum atomic E-state index is -1.23. The number of carbonyl (C=O) groups is 2. The van der Waals surface area contributed by atoms with Gasteiger partial charge in [-0.1, -0.05) is 30.0 Å². The second kappa shape index (κ2) is 6.80. The molecule has 1 N–H and O–H groups in total. The minimum absolute atomic E-state index is 0.00107. The van der Waals surface area contributed by atoms with Crippen molar-refractivity contribution in [3.05, 3.63) is 28.7 Å². The molecule has 1 aromatic rings. The fourth-order valence-electron chi connectivity index (χ4n) is 1.83. The van der Waals surface area contributed by atoms with Gasteiger partial charge in [0.05, 0.1) is 12.0 Å². The maximum absolute atomic E-state index is 12.2. The molecule has 2 rings (SSSR count). The summed E-state index contributed by atoms with van der Waals surface area (Å²) in [7, 11) is 1.43. The van der Waals surface area contributed by atoms with Crippen molar-refractivity contribution in [3.63, 3.8) is 0 Å². The lowest BCUT2D eigenvalue weighted by molar-refractivity contribution is -0.305. The highest BCUT2D eigenvalue weighted by molar-refractivity contribution is 8.26. The maximum Gasteiger partial charge on any atom is 0.266 e. The molecule has 1 aromatic carbocycles. The molecule has 8 heteroatoms. The Hall–Kier alpha value is -2.06. The third-order valence-corrected chi connectivity index (χ3v) is 4.29. The van der Waals surface area contributed by atoms with E-state index in [2.05, 4.69) is 0 Å². The summed E-state index contributed by atoms with van der Waals surface area (Å²) in [5.74, 6) is -1.29. The molecule has 1 saturated heterocycles. The van der Waals surface area contributed by atoms with Crippen molar-refractivity contribution in [2.75, 3.05) is 13.7 Å². The summed E-state index contributed by atoms with van der Waals surface area (Å²) in [6, 6.07) is 4.68. The van der Waals surface area contributed by atoms with Crippen molar-refractivity contribution < 1.29 is 24.5 Å². The smallest absolute Gasteiger partial charge is 0.266 e. The number of carboxylic acid groups (broad SMARTS) is 1. The van der Waals surface area contributed by atoms with Crippen LogP contribution in [0.1, 0.15) is 12.0 Å². The Balaban J connectivity index is 2.21. The number of aromatic hydroxyl groups is 1. The molecule has 0 aromatic heterocycles. The molecule has 6 nitrogen and oxygen atoms in total. The average molecular weight is 338 g/mol. The first-order valence-electron chi connectivity index (χ1n) is 6.24. The van der Waals surface area contributed by atoms with Gasteiger partial charge in [-0.3, -0.25) is 9.69 Å². The summed E-state index contributed by atoms with van der Waals surface area (Å²) in [5.41, 5.74) is 0.662. The highest BCUT2D eigenvalue weighted by Gasteiger charge is 2.31. The normalized spacial score (nSPS) is 16.4. The standard InChI is InChI=1S/C14H13NO5S2/c1-20-10-6-8(2-3-9(10)16)7-11-13(19)15(14(21)22-11)5-4-12(17)18/h2-3,6-7,16H,4-5H2,1H3,(H,17,18)/p-1/b11-7-. The van der Waals surface area contributed by atoms with Crippen molar-refractivity contribution >= 4 is 46.3 Å². The monoisotopic (exact) mass is 338 g/mol. The van der Waals surface area contributed by atoms with Gasteiger partial charge in [0.2, 0.25) is 0 Å². The number of amides is 1. The summed E-state index contributed by atoms with van der Waals surface area (Å²) in [5, 5.41) is 20.0. The number of ether oxygens (including phenoxy) is 1. The predicted molar refractivity (Wildman–Crippen MR) is 84.2 cm³/mol. The quantitative estimate of drug-likeness (QED) is 0.625. The summed E-state index contributed by atoms with van der Waals surface area (Å²) in [6.45, 7) is -0.0107. The average Bonchev–Trinajstić information content (AvgIpc) is 2.73. The van der Waals surface area contributed by atoms with Gasteiger partial charge in [-0.05, 0) is 23.8 Å². The first-order chi connectivity index (χ1) is 10.4. The fourth-order valence-corrected chi connectivity index (χ4v) is 3.14. The Labute approximate surface area is 136 Å². The lowest BCUT2D eigenvalue weighted by Crippen LogP contribution is -2.33. The Bertz CT molecular complexity index is 671. The van der Waals surface area contributed by atoms with E-state index in [9.17, 15) is 19.8 Å². The van der Waals surface area contributed by atoms with Crippen LogP contribution < -0.4 is 9.84 Å². The molecule has 0 aliphatic carbocycles. The Morgan fingerprint density at radius 2 is 2.27 bits per heavy atom. The van der Waals surface area contributed by atoms with Crippen LogP contribution in [0.15, 0.2) is 23.1 Å². The molecule has 116 valence electrons. The van der Waals surface area contributed by atoms with Crippen molar-refractivity contribution in [3.8, 4) is 11.5 Å². The van der Waals surface area contributed by atoms with E-state index in [0.29, 0.717) is 20.5 Å². The number of rotatable bonds is 5. The van der Waals surface area contributed by atoms with Gasteiger partial charge in [0.25, 0.3) is 5.91 Å². The van der Waals surface area contributed by atoms with Crippen LogP contribution >= 0.6 is 24.0 Å². The Morgan fingerprint density at radius 3 is 2.91 bits per heavy atom. The molecule has 1 heterocycles. The van der Waals surface area contributed by atoms with E-state index >= 15 is 0 Å². The third kappa shape index (κ3) is 3.58. The van der Waals surface area contributed by atoms with Crippen LogP contribution in [0.2, 0.25) is 0 Å². The number of phenols is 1. The first-order valence-corrected chi connectivity index (χ1v) is 7.47. The molecular weight excluding hydrogens is 326 g/mol. The number of phenolic OH excluding ortho intramolecular Hbond substituents is 1. The van der Waals surface area contributed by atoms with E-state index in [1.54, 1.807) is 18.2 Å². The number of thioether (sulfide) groups is 1. The Morgan fingerprint density at radius 1 is 1.55 bits per heavy atom. The number of thiocarbonyl (C=S) groups is 1. The molecule has 1 fully saturated rings. The van der Waals surface area contributed by atoms with Crippen LogP contribution in [0.4, 0.5) is 0 Å². The Kier molecular flexibility index (Phi) is 5.04. The molecule has 1 aliphatic heterocycles. The summed E-state index contributed by atoms with van der Waals surface area (Å²) < 4.78 is 5.31. The number of nitrogens with zero attached hydrogens (tertiary/aromatic N) is 1. The molecular formula is C14H12NO5S2-. The van der Waals surface area contributed by atoms with E-state index in [1.165, 1.54) is 18.1 Å². The third-order valence-electron chi connectivity index (χ3n) is 2.91. The molecule has 0 unspecified atom stereocenters. The second-order valence-corrected chi connectivity index (χ2v) is 6.06. The zero-order valence-electron chi connectivity index (χ0n) is 11.6. The maximum atomic E-state index is 12.2.